The summed E-state index contributed by atoms with van der Waals surface area (Å²) in [6, 6.07) is 10.3. The van der Waals surface area contributed by atoms with Gasteiger partial charge in [0.05, 0.1) is 29.0 Å². The monoisotopic (exact) mass is 1310 g/mol. The molecule has 6 rings (SSSR count). The van der Waals surface area contributed by atoms with E-state index in [0.29, 0.717) is 41.2 Å². The van der Waals surface area contributed by atoms with E-state index >= 15 is 0 Å². The third-order valence-electron chi connectivity index (χ3n) is 14.2. The van der Waals surface area contributed by atoms with Gasteiger partial charge < -0.3 is 44.7 Å². The van der Waals surface area contributed by atoms with E-state index in [1.807, 2.05) is 34.6 Å². The second-order valence-corrected chi connectivity index (χ2v) is 31.9. The molecule has 24 nitrogen and oxygen atoms in total. The molecule has 0 aliphatic carbocycles. The standard InChI is InChI=1S/C59H79N9O15Se2/c1-13-38-39-26-37(21-22-43(39)63-47-40(38)28-68-45(47)27-42-41(50(68)71)30-79-52(73)59(42,78)14-2)83-56(77)67(12)25-24-66(11)55(76)80-29-35-17-19-36(20-18-35)62-48(69)44(16-15-23-61-53(60)74)64-49(70)46(33(3)4)65-54(75)82-32-58(9,10)85-84-57(7,8)31-81-51(72)34(5)6/h17-22,26-27,33-34,44,46,78H,13-16,23-25,28-32H2,1-12H3,(H,62,69)(H,64,70)(H,65,75)(H3,60,61,74)/t44-,46-,59-/m0/s1. The van der Waals surface area contributed by atoms with Crippen LogP contribution in [0.15, 0.2) is 53.3 Å². The van der Waals surface area contributed by atoms with Gasteiger partial charge in [0.15, 0.2) is 5.60 Å². The molecule has 7 N–H and O–H groups in total. The predicted octanol–water partition coefficient (Wildman–Crippen LogP) is 5.88. The maximum Gasteiger partial charge on any atom is 0.343 e. The minimum Gasteiger partial charge on any atom is -0.458 e. The molecule has 7 amide bonds. The number of fused-ring (bicyclic) bond motifs is 5. The molecule has 4 aromatic rings. The van der Waals surface area contributed by atoms with Crippen LogP contribution >= 0.6 is 0 Å². The number of aryl methyl sites for hydroxylation is 1. The number of aliphatic hydroxyl groups is 1. The normalized spacial score (nSPS) is 15.1. The van der Waals surface area contributed by atoms with Gasteiger partial charge in [-0.15, -0.1) is 0 Å². The fourth-order valence-corrected chi connectivity index (χ4v) is 16.5. The van der Waals surface area contributed by atoms with Gasteiger partial charge >= 0.3 is 245 Å². The Morgan fingerprint density at radius 3 is 2.11 bits per heavy atom. The Kier molecular flexibility index (Phi) is 22.6. The molecule has 26 heteroatoms. The quantitative estimate of drug-likeness (QED) is 0.0163. The largest absolute Gasteiger partial charge is 0.458 e. The average molecular weight is 1310 g/mol. The number of likely N-dealkylation sites (N-methyl/N-ethyl adjacent to an activating group) is 2. The third-order valence-corrected chi connectivity index (χ3v) is 27.5. The van der Waals surface area contributed by atoms with Gasteiger partial charge in [0.1, 0.15) is 19.0 Å². The molecule has 0 saturated carbocycles. The molecule has 2 aromatic carbocycles. The smallest absolute Gasteiger partial charge is 0.343 e. The molecule has 0 fully saturated rings. The molecular formula is C59H79N9O15Se2. The molecule has 85 heavy (non-hydrogen) atoms. The zero-order chi connectivity index (χ0) is 62.7. The number of primary amides is 1. The Hall–Kier alpha value is -7.24. The number of rotatable bonds is 26. The molecule has 0 bridgehead atoms. The Morgan fingerprint density at radius 1 is 0.847 bits per heavy atom. The number of nitrogens with zero attached hydrogens (tertiary/aromatic N) is 4. The fourth-order valence-electron chi connectivity index (χ4n) is 9.11. The second kappa shape index (κ2) is 28.8. The van der Waals surface area contributed by atoms with E-state index in [9.17, 15) is 48.3 Å². The molecule has 3 atom stereocenters. The minimum atomic E-state index is -1.95. The van der Waals surface area contributed by atoms with Gasteiger partial charge in [-0.05, 0) is 60.4 Å². The predicted molar refractivity (Wildman–Crippen MR) is 318 cm³/mol. The SMILES string of the molecule is CCc1c2c(nc3ccc(OC(=O)N(C)CCN(C)C(=O)OCc4ccc(NC(=O)[C@H](CCCNC(N)=O)NC(=O)[C@@H](NC(=O)OCC(C)(C)[Se][Se]C(C)(C)COC(=O)C(C)C)C(C)C)cc4)cc13)-c1cc3c(c(=O)n1C2)COC(=O)[C@]3(O)CC. The number of hydrogen-bond donors (Lipinski definition) is 6. The Balaban J connectivity index is 0.980. The number of anilines is 1. The van der Waals surface area contributed by atoms with E-state index in [-0.39, 0.29) is 134 Å². The Labute approximate surface area is 505 Å². The van der Waals surface area contributed by atoms with Gasteiger partial charge in [0, 0.05) is 43.7 Å². The molecule has 0 saturated heterocycles. The number of nitrogens with two attached hydrogens (primary N) is 1. The number of carbonyl (C=O) groups excluding carboxylic acids is 8. The van der Waals surface area contributed by atoms with E-state index in [4.69, 9.17) is 34.4 Å². The van der Waals surface area contributed by atoms with E-state index < -0.39 is 65.7 Å². The van der Waals surface area contributed by atoms with Crippen LogP contribution in [0.25, 0.3) is 22.3 Å². The molecule has 2 aliphatic heterocycles. The van der Waals surface area contributed by atoms with E-state index in [1.54, 1.807) is 87.7 Å². The first-order valence-electron chi connectivity index (χ1n) is 28.1. The molecule has 0 radical (unpaired) electrons. The van der Waals surface area contributed by atoms with Crippen LogP contribution in [0.5, 0.6) is 5.75 Å². The summed E-state index contributed by atoms with van der Waals surface area (Å²) in [4.78, 5) is 124. The van der Waals surface area contributed by atoms with Crippen LogP contribution in [0, 0.1) is 11.8 Å². The zero-order valence-corrected chi connectivity index (χ0v) is 53.7. The maximum atomic E-state index is 13.8. The maximum absolute atomic E-state index is 13.8. The molecule has 4 heterocycles. The van der Waals surface area contributed by atoms with Crippen molar-refractivity contribution in [1.82, 2.24) is 35.3 Å². The van der Waals surface area contributed by atoms with Crippen molar-refractivity contribution in [3.05, 3.63) is 86.7 Å². The van der Waals surface area contributed by atoms with Gasteiger partial charge in [-0.3, -0.25) is 4.79 Å². The van der Waals surface area contributed by atoms with Crippen molar-refractivity contribution in [2.75, 3.05) is 52.3 Å². The molecule has 0 spiro atoms. The van der Waals surface area contributed by atoms with Crippen molar-refractivity contribution >= 4 is 90.9 Å². The number of urea groups is 1. The number of carbonyl (C=O) groups is 8. The van der Waals surface area contributed by atoms with Crippen molar-refractivity contribution in [3.63, 3.8) is 0 Å². The van der Waals surface area contributed by atoms with Crippen molar-refractivity contribution in [2.24, 2.45) is 17.6 Å². The molecule has 0 unspecified atom stereocenters. The van der Waals surface area contributed by atoms with Crippen LogP contribution in [-0.4, -0.2) is 158 Å². The summed E-state index contributed by atoms with van der Waals surface area (Å²) in [5.74, 6) is -2.61. The van der Waals surface area contributed by atoms with Gasteiger partial charge in [-0.2, -0.15) is 0 Å². The van der Waals surface area contributed by atoms with Crippen LogP contribution in [-0.2, 0) is 69.9 Å². The first-order chi connectivity index (χ1) is 40.0. The van der Waals surface area contributed by atoms with E-state index in [1.165, 1.54) is 23.9 Å². The van der Waals surface area contributed by atoms with Crippen molar-refractivity contribution in [2.45, 2.75) is 141 Å². The number of cyclic esters (lactones) is 1. The summed E-state index contributed by atoms with van der Waals surface area (Å²) in [6.07, 6.45) is -1.18. The fraction of sp³-hybridized carbons (Fsp3) is 0.525. The van der Waals surface area contributed by atoms with E-state index in [0.717, 1.165) is 16.5 Å². The summed E-state index contributed by atoms with van der Waals surface area (Å²) in [6.45, 7) is 19.3. The van der Waals surface area contributed by atoms with Gasteiger partial charge in [-0.1, -0.05) is 26.0 Å². The van der Waals surface area contributed by atoms with Crippen molar-refractivity contribution < 1.29 is 67.1 Å². The van der Waals surface area contributed by atoms with Crippen molar-refractivity contribution in [3.8, 4) is 17.1 Å². The molecule has 2 aromatic heterocycles. The summed E-state index contributed by atoms with van der Waals surface area (Å²) >= 11 is 0.136. The molecule has 2 aliphatic rings. The topological polar surface area (TPSA) is 318 Å². The molecule has 462 valence electrons. The number of amides is 7. The number of aromatic nitrogens is 2. The number of benzene rings is 2. The van der Waals surface area contributed by atoms with Gasteiger partial charge in [0.25, 0.3) is 5.56 Å². The Morgan fingerprint density at radius 2 is 1.49 bits per heavy atom. The first kappa shape index (κ1) is 66.9. The molecular weight excluding hydrogens is 1230 g/mol. The number of ether oxygens (including phenoxy) is 5. The van der Waals surface area contributed by atoms with Crippen LogP contribution in [0.4, 0.5) is 24.9 Å². The van der Waals surface area contributed by atoms with Crippen LogP contribution in [0.2, 0.25) is 8.63 Å². The van der Waals surface area contributed by atoms with Crippen LogP contribution < -0.4 is 37.3 Å². The summed E-state index contributed by atoms with van der Waals surface area (Å²) < 4.78 is 28.6. The van der Waals surface area contributed by atoms with Crippen molar-refractivity contribution in [1.29, 1.82) is 0 Å². The van der Waals surface area contributed by atoms with Gasteiger partial charge in [0.2, 0.25) is 0 Å². The Bertz CT molecular complexity index is 3220. The number of alkyl carbamates (subject to hydrolysis) is 1. The third kappa shape index (κ3) is 17.2. The first-order valence-corrected chi connectivity index (χ1v) is 34.2. The number of esters is 2. The second-order valence-electron chi connectivity index (χ2n) is 22.9. The van der Waals surface area contributed by atoms with Gasteiger partial charge in [-0.25, -0.2) is 24.2 Å². The number of hydrogen-bond acceptors (Lipinski definition) is 16. The number of nitrogens with one attached hydrogen (secondary N) is 4. The van der Waals surface area contributed by atoms with Crippen LogP contribution in [0.1, 0.15) is 116 Å². The summed E-state index contributed by atoms with van der Waals surface area (Å²) in [7, 11) is 3.05. The zero-order valence-electron chi connectivity index (χ0n) is 50.3. The number of pyridine rings is 2. The minimum absolute atomic E-state index is 0.0251. The van der Waals surface area contributed by atoms with E-state index in [2.05, 4.69) is 21.3 Å². The summed E-state index contributed by atoms with van der Waals surface area (Å²) in [5.41, 5.74) is 7.69. The average Bonchev–Trinajstić information content (AvgIpc) is 1.71. The summed E-state index contributed by atoms with van der Waals surface area (Å²) in [5, 5.41) is 22.7. The van der Waals surface area contributed by atoms with Crippen LogP contribution in [0.3, 0.4) is 0 Å².